The molecule has 1 amide bonds. The number of carbonyl (C=O) groups is 3. The molecule has 1 aromatic heterocycles. The molecule has 0 fully saturated rings. The average Bonchev–Trinajstić information content (AvgIpc) is 2.87. The Hall–Kier alpha value is -4.21. The molecule has 36 heavy (non-hydrogen) atoms. The molecule has 1 N–H and O–H groups in total. The standard InChI is InChI=1S/C26H27FN2O7/c1-4-6-11-35-23(16(3)26(33)34-5-2)21-22-24(36-20(25(31)32)14-29(22)15-30)18(13-28-21)12-17-7-9-19(27)10-8-17/h7-10,13-15H,4-6,11-12H2,1-3H3,(H,31,32)/b23-16-. The minimum absolute atomic E-state index is 0.0598. The van der Waals surface area contributed by atoms with Gasteiger partial charge in [-0.3, -0.25) is 14.7 Å². The Morgan fingerprint density at radius 3 is 2.53 bits per heavy atom. The van der Waals surface area contributed by atoms with Crippen LogP contribution >= 0.6 is 0 Å². The topological polar surface area (TPSA) is 115 Å². The van der Waals surface area contributed by atoms with E-state index < -0.39 is 23.5 Å². The van der Waals surface area contributed by atoms with E-state index in [1.165, 1.54) is 25.3 Å². The van der Waals surface area contributed by atoms with Crippen LogP contribution in [0.1, 0.15) is 50.4 Å². The lowest BCUT2D eigenvalue weighted by atomic mass is 10.0. The molecule has 9 nitrogen and oxygen atoms in total. The van der Waals surface area contributed by atoms with Crippen molar-refractivity contribution in [3.63, 3.8) is 0 Å². The number of halogens is 1. The fourth-order valence-electron chi connectivity index (χ4n) is 3.50. The zero-order chi connectivity index (χ0) is 26.2. The number of carboxylic acid groups (broad SMARTS) is 1. The number of aromatic nitrogens is 1. The Morgan fingerprint density at radius 1 is 1.19 bits per heavy atom. The molecule has 1 aromatic carbocycles. The third kappa shape index (κ3) is 5.88. The van der Waals surface area contributed by atoms with Crippen molar-refractivity contribution in [3.05, 3.63) is 70.6 Å². The van der Waals surface area contributed by atoms with Crippen molar-refractivity contribution < 1.29 is 38.1 Å². The van der Waals surface area contributed by atoms with E-state index in [1.807, 2.05) is 6.92 Å². The maximum atomic E-state index is 13.4. The lowest BCUT2D eigenvalue weighted by molar-refractivity contribution is -0.138. The Bertz CT molecular complexity index is 1210. The van der Waals surface area contributed by atoms with Gasteiger partial charge in [-0.2, -0.15) is 0 Å². The quantitative estimate of drug-likeness (QED) is 0.161. The first-order valence-electron chi connectivity index (χ1n) is 11.4. The summed E-state index contributed by atoms with van der Waals surface area (Å²) >= 11 is 0. The minimum Gasteiger partial charge on any atom is -0.491 e. The molecule has 0 atom stereocenters. The molecule has 1 aliphatic rings. The predicted molar refractivity (Wildman–Crippen MR) is 128 cm³/mol. The molecule has 1 aliphatic heterocycles. The van der Waals surface area contributed by atoms with E-state index in [0.29, 0.717) is 24.0 Å². The third-order valence-corrected chi connectivity index (χ3v) is 5.32. The molecule has 0 aliphatic carbocycles. The zero-order valence-electron chi connectivity index (χ0n) is 20.2. The second-order valence-corrected chi connectivity index (χ2v) is 7.90. The Labute approximate surface area is 207 Å². The van der Waals surface area contributed by atoms with E-state index in [-0.39, 0.29) is 48.1 Å². The number of unbranched alkanes of at least 4 members (excludes halogenated alkanes) is 1. The lowest BCUT2D eigenvalue weighted by Crippen LogP contribution is -2.27. The zero-order valence-corrected chi connectivity index (χ0v) is 20.2. The summed E-state index contributed by atoms with van der Waals surface area (Å²) in [6, 6.07) is 5.76. The van der Waals surface area contributed by atoms with Crippen LogP contribution in [0.5, 0.6) is 5.75 Å². The van der Waals surface area contributed by atoms with Gasteiger partial charge >= 0.3 is 11.9 Å². The maximum Gasteiger partial charge on any atom is 0.373 e. The highest BCUT2D eigenvalue weighted by Gasteiger charge is 2.32. The summed E-state index contributed by atoms with van der Waals surface area (Å²) in [6.07, 6.45) is 4.63. The fourth-order valence-corrected chi connectivity index (χ4v) is 3.50. The lowest BCUT2D eigenvalue weighted by Gasteiger charge is -2.28. The summed E-state index contributed by atoms with van der Waals surface area (Å²) in [5, 5.41) is 9.54. The van der Waals surface area contributed by atoms with Crippen molar-refractivity contribution >= 4 is 29.8 Å². The summed E-state index contributed by atoms with van der Waals surface area (Å²) in [7, 11) is 0. The number of hydrogen-bond donors (Lipinski definition) is 1. The van der Waals surface area contributed by atoms with Gasteiger partial charge in [0.25, 0.3) is 0 Å². The Morgan fingerprint density at radius 2 is 1.92 bits per heavy atom. The largest absolute Gasteiger partial charge is 0.491 e. The molecule has 190 valence electrons. The number of aliphatic carboxylic acids is 1. The minimum atomic E-state index is -1.38. The number of ether oxygens (including phenoxy) is 3. The van der Waals surface area contributed by atoms with Crippen molar-refractivity contribution in [1.82, 2.24) is 4.98 Å². The van der Waals surface area contributed by atoms with Crippen LogP contribution in [0.25, 0.3) is 5.76 Å². The van der Waals surface area contributed by atoms with E-state index in [9.17, 15) is 23.9 Å². The Balaban J connectivity index is 2.22. The summed E-state index contributed by atoms with van der Waals surface area (Å²) < 4.78 is 30.2. The normalized spacial score (nSPS) is 13.1. The average molecular weight is 499 g/mol. The maximum absolute atomic E-state index is 13.4. The molecule has 0 bridgehead atoms. The van der Waals surface area contributed by atoms with Crippen LogP contribution in [0.15, 0.2) is 48.0 Å². The van der Waals surface area contributed by atoms with Gasteiger partial charge in [0.05, 0.1) is 25.0 Å². The monoisotopic (exact) mass is 498 g/mol. The first kappa shape index (κ1) is 26.4. The number of anilines is 1. The molecule has 2 aromatic rings. The molecule has 10 heteroatoms. The van der Waals surface area contributed by atoms with Gasteiger partial charge in [-0.25, -0.2) is 14.0 Å². The number of carboxylic acids is 1. The summed E-state index contributed by atoms with van der Waals surface area (Å²) in [5.74, 6) is -2.73. The molecule has 2 heterocycles. The van der Waals surface area contributed by atoms with Crippen molar-refractivity contribution in [2.45, 2.75) is 40.0 Å². The van der Waals surface area contributed by atoms with Crippen LogP contribution < -0.4 is 9.64 Å². The second kappa shape index (κ2) is 12.0. The molecule has 0 saturated carbocycles. The van der Waals surface area contributed by atoms with Gasteiger partial charge in [-0.05, 0) is 38.0 Å². The van der Waals surface area contributed by atoms with Gasteiger partial charge in [-0.15, -0.1) is 0 Å². The van der Waals surface area contributed by atoms with Crippen LogP contribution in [-0.2, 0) is 30.3 Å². The molecule has 0 unspecified atom stereocenters. The van der Waals surface area contributed by atoms with E-state index in [1.54, 1.807) is 19.1 Å². The van der Waals surface area contributed by atoms with E-state index in [2.05, 4.69) is 4.98 Å². The van der Waals surface area contributed by atoms with E-state index >= 15 is 0 Å². The van der Waals surface area contributed by atoms with Gasteiger partial charge < -0.3 is 19.3 Å². The summed E-state index contributed by atoms with van der Waals surface area (Å²) in [6.45, 7) is 5.60. The number of nitrogens with zero attached hydrogens (tertiary/aromatic N) is 2. The first-order valence-corrected chi connectivity index (χ1v) is 11.4. The highest BCUT2D eigenvalue weighted by Crippen LogP contribution is 2.43. The number of pyridine rings is 1. The van der Waals surface area contributed by atoms with Crippen LogP contribution in [0.2, 0.25) is 0 Å². The van der Waals surface area contributed by atoms with Gasteiger partial charge in [0.1, 0.15) is 17.2 Å². The first-order chi connectivity index (χ1) is 17.3. The highest BCUT2D eigenvalue weighted by atomic mass is 19.1. The van der Waals surface area contributed by atoms with Crippen molar-refractivity contribution in [2.24, 2.45) is 0 Å². The van der Waals surface area contributed by atoms with Crippen molar-refractivity contribution in [1.29, 1.82) is 0 Å². The van der Waals surface area contributed by atoms with Gasteiger partial charge in [0.15, 0.2) is 11.5 Å². The summed E-state index contributed by atoms with van der Waals surface area (Å²) in [5.41, 5.74) is 1.51. The number of fused-ring (bicyclic) bond motifs is 1. The molecule has 3 rings (SSSR count). The highest BCUT2D eigenvalue weighted by molar-refractivity contribution is 6.00. The molecular weight excluding hydrogens is 471 g/mol. The number of hydrogen-bond acceptors (Lipinski definition) is 7. The Kier molecular flexibility index (Phi) is 8.77. The molecular formula is C26H27FN2O7. The van der Waals surface area contributed by atoms with Crippen molar-refractivity contribution in [3.8, 4) is 5.75 Å². The SMILES string of the molecule is CCCCO/C(=C(/C)C(=O)OCC)c1ncc(Cc2ccc(F)cc2)c2c1N(C=O)C=C(C(=O)O)O2. The smallest absolute Gasteiger partial charge is 0.373 e. The number of carbonyl (C=O) groups excluding carboxylic acids is 2. The van der Waals surface area contributed by atoms with Crippen LogP contribution in [0.4, 0.5) is 10.1 Å². The van der Waals surface area contributed by atoms with Gasteiger partial charge in [0.2, 0.25) is 12.2 Å². The van der Waals surface area contributed by atoms with Crippen LogP contribution in [0.3, 0.4) is 0 Å². The number of rotatable bonds is 11. The van der Waals surface area contributed by atoms with E-state index in [0.717, 1.165) is 17.5 Å². The van der Waals surface area contributed by atoms with Crippen molar-refractivity contribution in [2.75, 3.05) is 18.1 Å². The van der Waals surface area contributed by atoms with Gasteiger partial charge in [-0.1, -0.05) is 25.5 Å². The van der Waals surface area contributed by atoms with Crippen LogP contribution in [0, 0.1) is 5.82 Å². The second-order valence-electron chi connectivity index (χ2n) is 7.90. The predicted octanol–water partition coefficient (Wildman–Crippen LogP) is 4.20. The third-order valence-electron chi connectivity index (χ3n) is 5.32. The molecule has 0 radical (unpaired) electrons. The number of esters is 1. The number of amides is 1. The summed E-state index contributed by atoms with van der Waals surface area (Å²) in [4.78, 5) is 41.8. The van der Waals surface area contributed by atoms with Crippen LogP contribution in [-0.4, -0.2) is 41.7 Å². The molecule has 0 spiro atoms. The van der Waals surface area contributed by atoms with E-state index in [4.69, 9.17) is 14.2 Å². The molecule has 0 saturated heterocycles. The fraction of sp³-hybridized carbons (Fsp3) is 0.308. The van der Waals surface area contributed by atoms with Gasteiger partial charge in [0, 0.05) is 18.2 Å². The number of benzene rings is 1.